The fourth-order valence-electron chi connectivity index (χ4n) is 2.47. The van der Waals surface area contributed by atoms with E-state index in [0.717, 1.165) is 19.4 Å². The van der Waals surface area contributed by atoms with Crippen molar-refractivity contribution < 1.29 is 9.50 Å². The van der Waals surface area contributed by atoms with E-state index in [1.165, 1.54) is 0 Å². The molecule has 12 heavy (non-hydrogen) atoms. The van der Waals surface area contributed by atoms with Gasteiger partial charge in [0.1, 0.15) is 6.17 Å². The third-order valence-corrected chi connectivity index (χ3v) is 3.06. The molecular formula is C8H16FNOS. The normalized spacial score (nSPS) is 41.0. The third-order valence-electron chi connectivity index (χ3n) is 3.06. The molecule has 2 saturated heterocycles. The topological polar surface area (TPSA) is 23.5 Å². The van der Waals surface area contributed by atoms with Gasteiger partial charge in [0.05, 0.1) is 6.61 Å². The van der Waals surface area contributed by atoms with Gasteiger partial charge in [0.2, 0.25) is 0 Å². The van der Waals surface area contributed by atoms with Gasteiger partial charge in [0.25, 0.3) is 0 Å². The molecule has 72 valence electrons. The summed E-state index contributed by atoms with van der Waals surface area (Å²) in [6, 6.07) is 0. The van der Waals surface area contributed by atoms with E-state index in [2.05, 4.69) is 4.90 Å². The second-order valence-electron chi connectivity index (χ2n) is 3.73. The van der Waals surface area contributed by atoms with Gasteiger partial charge in [-0.15, -0.1) is 0 Å². The molecule has 2 unspecified atom stereocenters. The molecule has 2 aliphatic heterocycles. The fourth-order valence-corrected chi connectivity index (χ4v) is 2.47. The Labute approximate surface area is 79.2 Å². The molecule has 2 rings (SSSR count). The summed E-state index contributed by atoms with van der Waals surface area (Å²) in [5.74, 6) is 0. The van der Waals surface area contributed by atoms with Gasteiger partial charge in [-0.3, -0.25) is 4.90 Å². The fraction of sp³-hybridized carbons (Fsp3) is 1.00. The van der Waals surface area contributed by atoms with E-state index >= 15 is 0 Å². The van der Waals surface area contributed by atoms with E-state index in [1.54, 1.807) is 0 Å². The maximum Gasteiger partial charge on any atom is 0.115 e. The van der Waals surface area contributed by atoms with Crippen molar-refractivity contribution in [1.82, 2.24) is 4.90 Å². The molecule has 0 aromatic rings. The number of fused-ring (bicyclic) bond motifs is 1. The van der Waals surface area contributed by atoms with Gasteiger partial charge in [-0.25, -0.2) is 4.39 Å². The van der Waals surface area contributed by atoms with Gasteiger partial charge in [0.15, 0.2) is 0 Å². The van der Waals surface area contributed by atoms with Crippen LogP contribution in [0, 0.1) is 0 Å². The number of nitrogens with zero attached hydrogens (tertiary/aromatic N) is 1. The molecule has 2 fully saturated rings. The molecule has 0 amide bonds. The predicted molar refractivity (Wildman–Crippen MR) is 50.5 cm³/mol. The summed E-state index contributed by atoms with van der Waals surface area (Å²) in [5, 5.41) is 9.14. The average Bonchev–Trinajstić information content (AvgIpc) is 2.43. The van der Waals surface area contributed by atoms with E-state index in [1.807, 2.05) is 0 Å². The summed E-state index contributed by atoms with van der Waals surface area (Å²) in [4.78, 5) is 2.11. The zero-order chi connectivity index (χ0) is 7.90. The highest BCUT2D eigenvalue weighted by Crippen LogP contribution is 2.39. The molecule has 0 radical (unpaired) electrons. The molecule has 0 aliphatic carbocycles. The van der Waals surface area contributed by atoms with Crippen molar-refractivity contribution in [2.75, 3.05) is 19.7 Å². The van der Waals surface area contributed by atoms with Crippen LogP contribution in [0.25, 0.3) is 0 Å². The van der Waals surface area contributed by atoms with Crippen LogP contribution >= 0.6 is 13.5 Å². The number of halogens is 1. The van der Waals surface area contributed by atoms with Gasteiger partial charge in [-0.05, 0) is 19.4 Å². The number of alkyl halides is 1. The molecular weight excluding hydrogens is 177 g/mol. The molecule has 1 N–H and O–H groups in total. The van der Waals surface area contributed by atoms with Gasteiger partial charge in [0, 0.05) is 18.5 Å². The summed E-state index contributed by atoms with van der Waals surface area (Å²) in [5.41, 5.74) is -0.167. The lowest BCUT2D eigenvalue weighted by Gasteiger charge is -2.28. The standard InChI is InChI=1S/C8H14FNO.H2S/c9-7-4-8(6-11)2-1-3-10(8)5-7;/h7,11H,1-6H2;1H2. The number of hydrogen-bond acceptors (Lipinski definition) is 2. The van der Waals surface area contributed by atoms with E-state index in [4.69, 9.17) is 5.11 Å². The highest BCUT2D eigenvalue weighted by molar-refractivity contribution is 7.59. The summed E-state index contributed by atoms with van der Waals surface area (Å²) >= 11 is 0. The Morgan fingerprint density at radius 1 is 1.58 bits per heavy atom. The van der Waals surface area contributed by atoms with Gasteiger partial charge < -0.3 is 5.11 Å². The largest absolute Gasteiger partial charge is 0.394 e. The van der Waals surface area contributed by atoms with Crippen LogP contribution in [0.2, 0.25) is 0 Å². The van der Waals surface area contributed by atoms with Gasteiger partial charge in [-0.1, -0.05) is 0 Å². The minimum Gasteiger partial charge on any atom is -0.394 e. The number of aliphatic hydroxyl groups excluding tert-OH is 1. The predicted octanol–water partition coefficient (Wildman–Crippen LogP) is 0.668. The zero-order valence-corrected chi connectivity index (χ0v) is 8.09. The lowest BCUT2D eigenvalue weighted by Crippen LogP contribution is -2.41. The minimum absolute atomic E-state index is 0. The Bertz CT molecular complexity index is 169. The highest BCUT2D eigenvalue weighted by Gasteiger charge is 2.47. The third kappa shape index (κ3) is 1.36. The van der Waals surface area contributed by atoms with E-state index in [0.29, 0.717) is 13.0 Å². The summed E-state index contributed by atoms with van der Waals surface area (Å²) in [6.07, 6.45) is 1.93. The second-order valence-corrected chi connectivity index (χ2v) is 3.73. The molecule has 0 aromatic heterocycles. The van der Waals surface area contributed by atoms with Crippen LogP contribution in [-0.4, -0.2) is 41.4 Å². The Morgan fingerprint density at radius 2 is 2.33 bits per heavy atom. The van der Waals surface area contributed by atoms with E-state index < -0.39 is 6.17 Å². The first-order chi connectivity index (χ1) is 5.27. The van der Waals surface area contributed by atoms with Crippen molar-refractivity contribution in [3.05, 3.63) is 0 Å². The van der Waals surface area contributed by atoms with Crippen LogP contribution in [0.4, 0.5) is 4.39 Å². The molecule has 4 heteroatoms. The quantitative estimate of drug-likeness (QED) is 0.661. The Morgan fingerprint density at radius 3 is 2.92 bits per heavy atom. The smallest absolute Gasteiger partial charge is 0.115 e. The summed E-state index contributed by atoms with van der Waals surface area (Å²) in [7, 11) is 0. The molecule has 2 heterocycles. The van der Waals surface area contributed by atoms with Gasteiger partial charge in [-0.2, -0.15) is 13.5 Å². The molecule has 2 nitrogen and oxygen atoms in total. The summed E-state index contributed by atoms with van der Waals surface area (Å²) in [6.45, 7) is 1.65. The first kappa shape index (κ1) is 10.3. The monoisotopic (exact) mass is 193 g/mol. The Hall–Kier alpha value is 0.200. The van der Waals surface area contributed by atoms with Crippen molar-refractivity contribution in [3.8, 4) is 0 Å². The zero-order valence-electron chi connectivity index (χ0n) is 7.09. The second kappa shape index (κ2) is 3.52. The molecule has 0 aromatic carbocycles. The van der Waals surface area contributed by atoms with E-state index in [9.17, 15) is 4.39 Å². The molecule has 0 bridgehead atoms. The van der Waals surface area contributed by atoms with Crippen LogP contribution in [0.5, 0.6) is 0 Å². The summed E-state index contributed by atoms with van der Waals surface area (Å²) < 4.78 is 12.9. The maximum atomic E-state index is 12.9. The Kier molecular flexibility index (Phi) is 3.01. The van der Waals surface area contributed by atoms with Crippen LogP contribution in [0.15, 0.2) is 0 Å². The minimum atomic E-state index is -0.706. The van der Waals surface area contributed by atoms with Crippen LogP contribution < -0.4 is 0 Å². The van der Waals surface area contributed by atoms with Crippen LogP contribution in [-0.2, 0) is 0 Å². The first-order valence-corrected chi connectivity index (χ1v) is 4.27. The van der Waals surface area contributed by atoms with Crippen molar-refractivity contribution in [2.24, 2.45) is 0 Å². The molecule has 2 aliphatic rings. The van der Waals surface area contributed by atoms with Crippen molar-refractivity contribution in [2.45, 2.75) is 31.0 Å². The lowest BCUT2D eigenvalue weighted by molar-refractivity contribution is 0.0996. The molecule has 0 spiro atoms. The molecule has 0 saturated carbocycles. The first-order valence-electron chi connectivity index (χ1n) is 4.27. The van der Waals surface area contributed by atoms with Gasteiger partial charge >= 0.3 is 0 Å². The SMILES string of the molecule is OCC12CCCN1CC(F)C2.S. The highest BCUT2D eigenvalue weighted by atomic mass is 32.1. The molecule has 2 atom stereocenters. The Balaban J connectivity index is 0.000000720. The average molecular weight is 193 g/mol. The van der Waals surface area contributed by atoms with Crippen molar-refractivity contribution in [3.63, 3.8) is 0 Å². The maximum absolute atomic E-state index is 12.9. The number of hydrogen-bond donors (Lipinski definition) is 1. The van der Waals surface area contributed by atoms with Crippen molar-refractivity contribution in [1.29, 1.82) is 0 Å². The number of aliphatic hydroxyl groups is 1. The lowest BCUT2D eigenvalue weighted by atomic mass is 9.95. The van der Waals surface area contributed by atoms with Crippen LogP contribution in [0.3, 0.4) is 0 Å². The number of rotatable bonds is 1. The van der Waals surface area contributed by atoms with Crippen LogP contribution in [0.1, 0.15) is 19.3 Å². The van der Waals surface area contributed by atoms with Crippen molar-refractivity contribution >= 4 is 13.5 Å². The van der Waals surface area contributed by atoms with E-state index in [-0.39, 0.29) is 25.6 Å².